The fraction of sp³-hybridized carbons (Fsp3) is 0.333. The number of hydrogen-bond donors (Lipinski definition) is 1. The second kappa shape index (κ2) is 3.59. The Morgan fingerprint density at radius 2 is 2.13 bits per heavy atom. The van der Waals surface area contributed by atoms with Crippen molar-refractivity contribution in [1.29, 1.82) is 0 Å². The van der Waals surface area contributed by atoms with Crippen LogP contribution in [0.15, 0.2) is 29.6 Å². The molecular weight excluding hydrogens is 204 g/mol. The third-order valence-electron chi connectivity index (χ3n) is 2.94. The van der Waals surface area contributed by atoms with E-state index < -0.39 is 0 Å². The summed E-state index contributed by atoms with van der Waals surface area (Å²) in [5, 5.41) is 3.68. The van der Waals surface area contributed by atoms with Crippen molar-refractivity contribution in [3.05, 3.63) is 35.2 Å². The van der Waals surface area contributed by atoms with Crippen LogP contribution in [0.25, 0.3) is 10.1 Å². The lowest BCUT2D eigenvalue weighted by Gasteiger charge is -2.36. The van der Waals surface area contributed by atoms with Crippen molar-refractivity contribution in [2.75, 3.05) is 13.1 Å². The summed E-state index contributed by atoms with van der Waals surface area (Å²) in [6, 6.07) is 9.00. The Balaban J connectivity index is 1.85. The van der Waals surface area contributed by atoms with Gasteiger partial charge in [0.2, 0.25) is 0 Å². The molecule has 1 fully saturated rings. The Labute approximate surface area is 93.3 Å². The largest absolute Gasteiger partial charge is 0.325 e. The van der Waals surface area contributed by atoms with E-state index in [1.54, 1.807) is 0 Å². The topological polar surface area (TPSA) is 29.3 Å². The Bertz CT molecular complexity index is 471. The fourth-order valence-corrected chi connectivity index (χ4v) is 3.09. The molecule has 0 amide bonds. The maximum Gasteiger partial charge on any atom is 0.0346 e. The number of nitrogens with zero attached hydrogens (tertiary/aromatic N) is 1. The zero-order chi connectivity index (χ0) is 10.3. The van der Waals surface area contributed by atoms with Crippen LogP contribution < -0.4 is 5.73 Å². The van der Waals surface area contributed by atoms with Crippen LogP contribution in [0.3, 0.4) is 0 Å². The first-order valence-corrected chi connectivity index (χ1v) is 6.14. The number of rotatable bonds is 2. The maximum absolute atomic E-state index is 5.77. The van der Waals surface area contributed by atoms with E-state index in [1.165, 1.54) is 15.6 Å². The molecule has 1 aromatic carbocycles. The van der Waals surface area contributed by atoms with Crippen molar-refractivity contribution >= 4 is 21.4 Å². The molecule has 15 heavy (non-hydrogen) atoms. The van der Waals surface area contributed by atoms with E-state index >= 15 is 0 Å². The number of nitrogens with two attached hydrogens (primary N) is 1. The standard InChI is InChI=1S/C12H14N2S/c13-10-6-14(7-10)5-9-8-15-12-4-2-1-3-11(9)12/h1-4,8,10H,5-7,13H2. The quantitative estimate of drug-likeness (QED) is 0.836. The molecule has 3 rings (SSSR count). The lowest BCUT2D eigenvalue weighted by Crippen LogP contribution is -2.54. The van der Waals surface area contributed by atoms with E-state index in [2.05, 4.69) is 34.5 Å². The van der Waals surface area contributed by atoms with Crippen LogP contribution in [-0.2, 0) is 6.54 Å². The molecule has 0 aliphatic carbocycles. The zero-order valence-electron chi connectivity index (χ0n) is 8.52. The Morgan fingerprint density at radius 1 is 1.33 bits per heavy atom. The molecule has 0 unspecified atom stereocenters. The number of benzene rings is 1. The van der Waals surface area contributed by atoms with Crippen LogP contribution in [0.1, 0.15) is 5.56 Å². The minimum absolute atomic E-state index is 0.398. The monoisotopic (exact) mass is 218 g/mol. The van der Waals surface area contributed by atoms with Crippen LogP contribution in [0.5, 0.6) is 0 Å². The van der Waals surface area contributed by atoms with Crippen molar-refractivity contribution in [3.63, 3.8) is 0 Å². The van der Waals surface area contributed by atoms with Crippen LogP contribution in [0.2, 0.25) is 0 Å². The maximum atomic E-state index is 5.77. The second-order valence-corrected chi connectivity index (χ2v) is 5.12. The summed E-state index contributed by atoms with van der Waals surface area (Å²) >= 11 is 1.83. The highest BCUT2D eigenvalue weighted by atomic mass is 32.1. The van der Waals surface area contributed by atoms with Gasteiger partial charge < -0.3 is 5.73 Å². The van der Waals surface area contributed by atoms with Crippen molar-refractivity contribution < 1.29 is 0 Å². The molecule has 1 saturated heterocycles. The highest BCUT2D eigenvalue weighted by Crippen LogP contribution is 2.27. The van der Waals surface area contributed by atoms with Gasteiger partial charge in [-0.1, -0.05) is 18.2 Å². The van der Waals surface area contributed by atoms with E-state index in [4.69, 9.17) is 5.73 Å². The van der Waals surface area contributed by atoms with E-state index in [9.17, 15) is 0 Å². The van der Waals surface area contributed by atoms with Crippen LogP contribution in [-0.4, -0.2) is 24.0 Å². The summed E-state index contributed by atoms with van der Waals surface area (Å²) in [6.07, 6.45) is 0. The van der Waals surface area contributed by atoms with E-state index in [-0.39, 0.29) is 0 Å². The third-order valence-corrected chi connectivity index (χ3v) is 3.95. The summed E-state index contributed by atoms with van der Waals surface area (Å²) in [5.41, 5.74) is 7.22. The number of fused-ring (bicyclic) bond motifs is 1. The van der Waals surface area contributed by atoms with Gasteiger partial charge in [-0.05, 0) is 22.4 Å². The van der Waals surface area contributed by atoms with Crippen molar-refractivity contribution in [2.45, 2.75) is 12.6 Å². The highest BCUT2D eigenvalue weighted by molar-refractivity contribution is 7.17. The first-order chi connectivity index (χ1) is 7.33. The van der Waals surface area contributed by atoms with Gasteiger partial charge in [0.15, 0.2) is 0 Å². The molecule has 2 aromatic rings. The molecule has 2 N–H and O–H groups in total. The molecule has 0 atom stereocenters. The Hall–Kier alpha value is -0.900. The van der Waals surface area contributed by atoms with Gasteiger partial charge in [0.25, 0.3) is 0 Å². The minimum Gasteiger partial charge on any atom is -0.325 e. The summed E-state index contributed by atoms with van der Waals surface area (Å²) in [7, 11) is 0. The molecule has 0 radical (unpaired) electrons. The van der Waals surface area contributed by atoms with Crippen LogP contribution >= 0.6 is 11.3 Å². The fourth-order valence-electron chi connectivity index (χ4n) is 2.14. The van der Waals surface area contributed by atoms with Crippen molar-refractivity contribution in [1.82, 2.24) is 4.90 Å². The predicted octanol–water partition coefficient (Wildman–Crippen LogP) is 2.04. The van der Waals surface area contributed by atoms with Gasteiger partial charge in [-0.2, -0.15) is 0 Å². The first kappa shape index (κ1) is 9.33. The lowest BCUT2D eigenvalue weighted by molar-refractivity contribution is 0.143. The second-order valence-electron chi connectivity index (χ2n) is 4.21. The van der Waals surface area contributed by atoms with Crippen LogP contribution in [0, 0.1) is 0 Å². The Morgan fingerprint density at radius 3 is 2.93 bits per heavy atom. The van der Waals surface area contributed by atoms with Gasteiger partial charge >= 0.3 is 0 Å². The van der Waals surface area contributed by atoms with Gasteiger partial charge in [-0.3, -0.25) is 4.90 Å². The van der Waals surface area contributed by atoms with Crippen molar-refractivity contribution in [3.8, 4) is 0 Å². The molecule has 0 saturated carbocycles. The SMILES string of the molecule is NC1CN(Cc2csc3ccccc23)C1. The van der Waals surface area contributed by atoms with Gasteiger partial charge in [0, 0.05) is 30.4 Å². The molecule has 2 heterocycles. The molecule has 78 valence electrons. The number of hydrogen-bond acceptors (Lipinski definition) is 3. The minimum atomic E-state index is 0.398. The smallest absolute Gasteiger partial charge is 0.0346 e. The number of thiophene rings is 1. The summed E-state index contributed by atoms with van der Waals surface area (Å²) in [6.45, 7) is 3.14. The molecule has 3 heteroatoms. The van der Waals surface area contributed by atoms with E-state index in [1.807, 2.05) is 11.3 Å². The molecule has 1 aliphatic heterocycles. The molecule has 2 nitrogen and oxygen atoms in total. The predicted molar refractivity (Wildman–Crippen MR) is 65.1 cm³/mol. The molecule has 0 bridgehead atoms. The normalized spacial score (nSPS) is 18.2. The van der Waals surface area contributed by atoms with Crippen molar-refractivity contribution in [2.24, 2.45) is 5.73 Å². The van der Waals surface area contributed by atoms with Gasteiger partial charge in [0.1, 0.15) is 0 Å². The van der Waals surface area contributed by atoms with Crippen LogP contribution in [0.4, 0.5) is 0 Å². The van der Waals surface area contributed by atoms with Gasteiger partial charge in [-0.15, -0.1) is 11.3 Å². The van der Waals surface area contributed by atoms with E-state index in [0.717, 1.165) is 19.6 Å². The molecule has 0 spiro atoms. The average molecular weight is 218 g/mol. The summed E-state index contributed by atoms with van der Waals surface area (Å²) < 4.78 is 1.39. The third kappa shape index (κ3) is 1.67. The Kier molecular flexibility index (Phi) is 2.24. The molecule has 1 aliphatic rings. The summed E-state index contributed by atoms with van der Waals surface area (Å²) in [5.74, 6) is 0. The average Bonchev–Trinajstić information content (AvgIpc) is 2.60. The lowest BCUT2D eigenvalue weighted by atomic mass is 10.1. The summed E-state index contributed by atoms with van der Waals surface area (Å²) in [4.78, 5) is 2.40. The van der Waals surface area contributed by atoms with E-state index in [0.29, 0.717) is 6.04 Å². The molecule has 1 aromatic heterocycles. The first-order valence-electron chi connectivity index (χ1n) is 5.26. The van der Waals surface area contributed by atoms with Gasteiger partial charge in [0.05, 0.1) is 0 Å². The molecular formula is C12H14N2S. The number of likely N-dealkylation sites (tertiary alicyclic amines) is 1. The van der Waals surface area contributed by atoms with Gasteiger partial charge in [-0.25, -0.2) is 0 Å². The highest BCUT2D eigenvalue weighted by Gasteiger charge is 2.23. The zero-order valence-corrected chi connectivity index (χ0v) is 9.33.